The summed E-state index contributed by atoms with van der Waals surface area (Å²) in [5, 5.41) is 22.6. The van der Waals surface area contributed by atoms with Crippen molar-refractivity contribution in [1.82, 2.24) is 14.8 Å². The first kappa shape index (κ1) is 21.7. The lowest BCUT2D eigenvalue weighted by molar-refractivity contribution is -0.155. The summed E-state index contributed by atoms with van der Waals surface area (Å²) < 4.78 is 17.6. The Morgan fingerprint density at radius 1 is 0.939 bits per heavy atom. The molecule has 1 unspecified atom stereocenters. The number of aromatic nitrogens is 3. The Hall–Kier alpha value is -4.56. The van der Waals surface area contributed by atoms with Crippen LogP contribution in [0.1, 0.15) is 32.8 Å². The lowest BCUT2D eigenvalue weighted by Gasteiger charge is -2.23. The average Bonchev–Trinajstić information content (AvgIpc) is 3.45. The van der Waals surface area contributed by atoms with E-state index >= 15 is 0 Å². The number of esters is 2. The molecule has 2 aromatic carbocycles. The third-order valence-electron chi connectivity index (χ3n) is 4.81. The second-order valence-corrected chi connectivity index (χ2v) is 6.92. The Balaban J connectivity index is 1.69. The van der Waals surface area contributed by atoms with Crippen LogP contribution in [0.25, 0.3) is 0 Å². The van der Waals surface area contributed by atoms with Crippen molar-refractivity contribution in [2.45, 2.75) is 24.5 Å². The largest absolute Gasteiger partial charge is 0.479 e. The minimum Gasteiger partial charge on any atom is -0.479 e. The van der Waals surface area contributed by atoms with E-state index in [1.54, 1.807) is 42.5 Å². The molecule has 0 amide bonds. The number of aliphatic carboxylic acids is 1. The molecule has 3 aromatic rings. The van der Waals surface area contributed by atoms with Crippen LogP contribution in [0.4, 0.5) is 0 Å². The number of carboxylic acids is 1. The minimum absolute atomic E-state index is 0.172. The van der Waals surface area contributed by atoms with Crippen LogP contribution in [0.15, 0.2) is 67.0 Å². The van der Waals surface area contributed by atoms with Gasteiger partial charge in [-0.15, -0.1) is 5.10 Å². The first-order chi connectivity index (χ1) is 16.0. The van der Waals surface area contributed by atoms with E-state index in [-0.39, 0.29) is 17.0 Å². The molecule has 1 aliphatic heterocycles. The molecule has 166 valence electrons. The Labute approximate surface area is 186 Å². The van der Waals surface area contributed by atoms with Crippen LogP contribution in [0, 0.1) is 11.3 Å². The highest BCUT2D eigenvalue weighted by Gasteiger charge is 2.54. The number of carboxylic acid groups (broad SMARTS) is 1. The zero-order valence-electron chi connectivity index (χ0n) is 16.8. The van der Waals surface area contributed by atoms with E-state index in [9.17, 15) is 19.5 Å². The fourth-order valence-corrected chi connectivity index (χ4v) is 3.29. The van der Waals surface area contributed by atoms with Gasteiger partial charge in [0.05, 0.1) is 11.1 Å². The zero-order valence-corrected chi connectivity index (χ0v) is 16.8. The van der Waals surface area contributed by atoms with Gasteiger partial charge in [-0.1, -0.05) is 36.4 Å². The lowest BCUT2D eigenvalue weighted by Crippen LogP contribution is -2.42. The normalized spacial score (nSPS) is 21.7. The van der Waals surface area contributed by atoms with E-state index in [1.165, 1.54) is 24.3 Å². The van der Waals surface area contributed by atoms with E-state index in [0.29, 0.717) is 0 Å². The third-order valence-corrected chi connectivity index (χ3v) is 4.81. The number of hydrogen-bond donors (Lipinski definition) is 1. The molecule has 1 N–H and O–H groups in total. The van der Waals surface area contributed by atoms with Gasteiger partial charge in [-0.05, 0) is 24.3 Å². The Morgan fingerprint density at radius 3 is 1.97 bits per heavy atom. The van der Waals surface area contributed by atoms with Gasteiger partial charge >= 0.3 is 17.9 Å². The molecule has 0 spiro atoms. The second kappa shape index (κ2) is 9.29. The van der Waals surface area contributed by atoms with Crippen LogP contribution < -0.4 is 0 Å². The molecule has 33 heavy (non-hydrogen) atoms. The predicted octanol–water partition coefficient (Wildman–Crippen LogP) is 1.58. The van der Waals surface area contributed by atoms with Gasteiger partial charge in [0.1, 0.15) is 12.4 Å². The van der Waals surface area contributed by atoms with Gasteiger partial charge in [0.15, 0.2) is 24.5 Å². The molecule has 4 rings (SSSR count). The van der Waals surface area contributed by atoms with Gasteiger partial charge in [0.2, 0.25) is 0 Å². The summed E-state index contributed by atoms with van der Waals surface area (Å²) in [4.78, 5) is 41.1. The van der Waals surface area contributed by atoms with Gasteiger partial charge in [-0.25, -0.2) is 24.0 Å². The fraction of sp³-hybridized carbons (Fsp3) is 0.182. The number of benzene rings is 2. The SMILES string of the molecule is N#Cc1ncn([C@@H]2O[C@H](C(=O)O)C(OC(=O)c3ccccc3)[C@H]2OC(=O)c2ccccc2)n1. The first-order valence-electron chi connectivity index (χ1n) is 9.69. The van der Waals surface area contributed by atoms with Gasteiger partial charge in [0, 0.05) is 0 Å². The fourth-order valence-electron chi connectivity index (χ4n) is 3.29. The van der Waals surface area contributed by atoms with Gasteiger partial charge < -0.3 is 19.3 Å². The van der Waals surface area contributed by atoms with Gasteiger partial charge in [-0.2, -0.15) is 5.26 Å². The first-order valence-corrected chi connectivity index (χ1v) is 9.69. The van der Waals surface area contributed by atoms with Crippen LogP contribution in [-0.4, -0.2) is 56.1 Å². The van der Waals surface area contributed by atoms with Crippen molar-refractivity contribution in [3.63, 3.8) is 0 Å². The maximum atomic E-state index is 12.8. The standard InChI is InChI=1S/C22H16N4O7/c23-11-15-24-12-26(25-15)19-17(33-22(30)14-9-5-2-6-10-14)16(18(31-19)20(27)28)32-21(29)13-7-3-1-4-8-13/h1-10,12,16-19H,(H,27,28)/t16?,17-,18+,19-/m1/s1. The number of carbonyl (C=O) groups excluding carboxylic acids is 2. The maximum Gasteiger partial charge on any atom is 0.338 e. The molecule has 1 aromatic heterocycles. The minimum atomic E-state index is -1.68. The van der Waals surface area contributed by atoms with Crippen molar-refractivity contribution in [2.75, 3.05) is 0 Å². The van der Waals surface area contributed by atoms with E-state index in [4.69, 9.17) is 19.5 Å². The van der Waals surface area contributed by atoms with Crippen LogP contribution in [0.2, 0.25) is 0 Å². The summed E-state index contributed by atoms with van der Waals surface area (Å²) in [5.74, 6) is -3.26. The van der Waals surface area contributed by atoms with Crippen molar-refractivity contribution in [1.29, 1.82) is 5.26 Å². The number of nitrogens with zero attached hydrogens (tertiary/aromatic N) is 4. The molecule has 0 saturated carbocycles. The lowest BCUT2D eigenvalue weighted by atomic mass is 10.1. The van der Waals surface area contributed by atoms with Gasteiger partial charge in [0.25, 0.3) is 5.82 Å². The molecule has 1 aliphatic rings. The molecule has 1 saturated heterocycles. The zero-order chi connectivity index (χ0) is 23.4. The van der Waals surface area contributed by atoms with Crippen LogP contribution >= 0.6 is 0 Å². The molecule has 11 heteroatoms. The Bertz CT molecular complexity index is 1210. The van der Waals surface area contributed by atoms with E-state index in [2.05, 4.69) is 10.1 Å². The number of carbonyl (C=O) groups is 3. The molecule has 2 heterocycles. The second-order valence-electron chi connectivity index (χ2n) is 6.92. The molecule has 0 radical (unpaired) electrons. The molecule has 1 fully saturated rings. The average molecular weight is 448 g/mol. The molecular formula is C22H16N4O7. The van der Waals surface area contributed by atoms with Crippen LogP contribution in [0.5, 0.6) is 0 Å². The summed E-state index contributed by atoms with van der Waals surface area (Å²) in [6, 6.07) is 17.6. The quantitative estimate of drug-likeness (QED) is 0.550. The summed E-state index contributed by atoms with van der Waals surface area (Å²) in [6.45, 7) is 0. The molecular weight excluding hydrogens is 432 g/mol. The number of nitriles is 1. The summed E-state index contributed by atoms with van der Waals surface area (Å²) in [5.41, 5.74) is 0.366. The summed E-state index contributed by atoms with van der Waals surface area (Å²) >= 11 is 0. The van der Waals surface area contributed by atoms with Crippen molar-refractivity contribution < 1.29 is 33.7 Å². The number of rotatable bonds is 6. The number of ether oxygens (including phenoxy) is 3. The monoisotopic (exact) mass is 448 g/mol. The highest BCUT2D eigenvalue weighted by molar-refractivity contribution is 5.91. The molecule has 0 aliphatic carbocycles. The van der Waals surface area contributed by atoms with Crippen molar-refractivity contribution in [2.24, 2.45) is 0 Å². The van der Waals surface area contributed by atoms with Crippen LogP contribution in [-0.2, 0) is 19.0 Å². The molecule has 11 nitrogen and oxygen atoms in total. The molecule has 0 bridgehead atoms. The topological polar surface area (TPSA) is 154 Å². The van der Waals surface area contributed by atoms with Crippen molar-refractivity contribution >= 4 is 17.9 Å². The highest BCUT2D eigenvalue weighted by Crippen LogP contribution is 2.34. The number of hydrogen-bond acceptors (Lipinski definition) is 9. The van der Waals surface area contributed by atoms with E-state index < -0.39 is 42.4 Å². The molecule has 4 atom stereocenters. The van der Waals surface area contributed by atoms with E-state index in [1.807, 2.05) is 0 Å². The van der Waals surface area contributed by atoms with E-state index in [0.717, 1.165) is 11.0 Å². The Kier molecular flexibility index (Phi) is 6.10. The van der Waals surface area contributed by atoms with Crippen LogP contribution in [0.3, 0.4) is 0 Å². The van der Waals surface area contributed by atoms with Crippen molar-refractivity contribution in [3.05, 3.63) is 83.9 Å². The Morgan fingerprint density at radius 2 is 1.48 bits per heavy atom. The smallest absolute Gasteiger partial charge is 0.338 e. The maximum absolute atomic E-state index is 12.8. The highest BCUT2D eigenvalue weighted by atomic mass is 16.7. The van der Waals surface area contributed by atoms with Gasteiger partial charge in [-0.3, -0.25) is 0 Å². The summed E-state index contributed by atoms with van der Waals surface area (Å²) in [6.07, 6.45) is -4.78. The van der Waals surface area contributed by atoms with Crippen molar-refractivity contribution in [3.8, 4) is 6.07 Å². The summed E-state index contributed by atoms with van der Waals surface area (Å²) in [7, 11) is 0. The third kappa shape index (κ3) is 4.56. The predicted molar refractivity (Wildman–Crippen MR) is 108 cm³/mol.